The number of aromatic nitrogens is 1. The van der Waals surface area contributed by atoms with Crippen LogP contribution in [-0.2, 0) is 5.54 Å². The lowest BCUT2D eigenvalue weighted by Gasteiger charge is -2.28. The lowest BCUT2D eigenvalue weighted by Crippen LogP contribution is -2.43. The van der Waals surface area contributed by atoms with Crippen LogP contribution in [0.2, 0.25) is 0 Å². The smallest absolute Gasteiger partial charge is 0.252 e. The summed E-state index contributed by atoms with van der Waals surface area (Å²) in [6, 6.07) is 7.19. The third-order valence-corrected chi connectivity index (χ3v) is 4.98. The summed E-state index contributed by atoms with van der Waals surface area (Å²) in [4.78, 5) is 17.0. The molecule has 4 nitrogen and oxygen atoms in total. The van der Waals surface area contributed by atoms with Gasteiger partial charge in [-0.15, -0.1) is 11.3 Å². The first-order valence-corrected chi connectivity index (χ1v) is 7.98. The minimum absolute atomic E-state index is 0.0465. The van der Waals surface area contributed by atoms with E-state index in [1.54, 1.807) is 48.9 Å². The maximum atomic E-state index is 12.5. The zero-order chi connectivity index (χ0) is 14.7. The third kappa shape index (κ3) is 2.78. The van der Waals surface area contributed by atoms with Crippen molar-refractivity contribution in [2.45, 2.75) is 31.2 Å². The molecule has 0 atom stereocenters. The van der Waals surface area contributed by atoms with Gasteiger partial charge in [0.2, 0.25) is 0 Å². The van der Waals surface area contributed by atoms with Crippen LogP contribution in [-0.4, -0.2) is 18.0 Å². The Morgan fingerprint density at radius 1 is 1.29 bits per heavy atom. The molecule has 0 aliphatic heterocycles. The van der Waals surface area contributed by atoms with Gasteiger partial charge in [-0.1, -0.05) is 12.8 Å². The molecule has 1 aliphatic rings. The molecule has 3 rings (SSSR count). The highest BCUT2D eigenvalue weighted by atomic mass is 32.1. The summed E-state index contributed by atoms with van der Waals surface area (Å²) >= 11 is 1.62. The van der Waals surface area contributed by atoms with E-state index in [1.165, 1.54) is 0 Å². The molecule has 1 amide bonds. The van der Waals surface area contributed by atoms with Crippen LogP contribution >= 0.6 is 11.3 Å². The molecule has 1 aromatic heterocycles. The van der Waals surface area contributed by atoms with E-state index < -0.39 is 0 Å². The summed E-state index contributed by atoms with van der Waals surface area (Å²) in [7, 11) is 1.62. The number of nitrogens with one attached hydrogen (secondary N) is 1. The van der Waals surface area contributed by atoms with E-state index in [-0.39, 0.29) is 11.4 Å². The Morgan fingerprint density at radius 2 is 2.00 bits per heavy atom. The van der Waals surface area contributed by atoms with Crippen molar-refractivity contribution < 1.29 is 9.53 Å². The van der Waals surface area contributed by atoms with E-state index in [1.807, 2.05) is 5.38 Å². The van der Waals surface area contributed by atoms with Gasteiger partial charge in [0.05, 0.1) is 12.6 Å². The number of benzene rings is 1. The number of methoxy groups -OCH3 is 1. The molecule has 0 radical (unpaired) electrons. The lowest BCUT2D eigenvalue weighted by atomic mass is 9.97. The number of amides is 1. The average Bonchev–Trinajstić information content (AvgIpc) is 3.19. The number of carbonyl (C=O) groups is 1. The molecule has 0 spiro atoms. The second-order valence-corrected chi connectivity index (χ2v) is 6.20. The number of hydrogen-bond donors (Lipinski definition) is 1. The maximum Gasteiger partial charge on any atom is 0.252 e. The summed E-state index contributed by atoms with van der Waals surface area (Å²) in [5, 5.41) is 6.20. The standard InChI is InChI=1S/C16H18N2O2S/c1-20-13-6-4-12(5-7-13)14(19)18-16(8-2-3-9-16)15-17-10-11-21-15/h4-7,10-11H,2-3,8-9H2,1H3,(H,18,19). The van der Waals surface area contributed by atoms with E-state index in [2.05, 4.69) is 10.3 Å². The summed E-state index contributed by atoms with van der Waals surface area (Å²) in [6.07, 6.45) is 5.98. The lowest BCUT2D eigenvalue weighted by molar-refractivity contribution is 0.0898. The molecular formula is C16H18N2O2S. The monoisotopic (exact) mass is 302 g/mol. The summed E-state index contributed by atoms with van der Waals surface area (Å²) < 4.78 is 5.12. The highest BCUT2D eigenvalue weighted by molar-refractivity contribution is 7.09. The van der Waals surface area contributed by atoms with Crippen LogP contribution in [0.5, 0.6) is 5.75 Å². The number of hydrogen-bond acceptors (Lipinski definition) is 4. The Morgan fingerprint density at radius 3 is 2.57 bits per heavy atom. The van der Waals surface area contributed by atoms with Crippen molar-refractivity contribution in [1.82, 2.24) is 10.3 Å². The second-order valence-electron chi connectivity index (χ2n) is 5.31. The van der Waals surface area contributed by atoms with Gasteiger partial charge in [0.1, 0.15) is 10.8 Å². The molecule has 1 heterocycles. The van der Waals surface area contributed by atoms with Gasteiger partial charge in [0, 0.05) is 17.1 Å². The topological polar surface area (TPSA) is 51.2 Å². The zero-order valence-electron chi connectivity index (χ0n) is 12.0. The molecule has 21 heavy (non-hydrogen) atoms. The van der Waals surface area contributed by atoms with Crippen LogP contribution in [0.4, 0.5) is 0 Å². The number of nitrogens with zero attached hydrogens (tertiary/aromatic N) is 1. The molecule has 1 aromatic carbocycles. The van der Waals surface area contributed by atoms with Gasteiger partial charge in [0.15, 0.2) is 0 Å². The zero-order valence-corrected chi connectivity index (χ0v) is 12.8. The minimum atomic E-state index is -0.287. The molecule has 0 saturated heterocycles. The molecule has 1 N–H and O–H groups in total. The molecule has 2 aromatic rings. The second kappa shape index (κ2) is 5.85. The molecule has 0 bridgehead atoms. The predicted molar refractivity (Wildman–Crippen MR) is 82.7 cm³/mol. The van der Waals surface area contributed by atoms with Crippen molar-refractivity contribution in [2.24, 2.45) is 0 Å². The minimum Gasteiger partial charge on any atom is -0.497 e. The van der Waals surface area contributed by atoms with E-state index in [4.69, 9.17) is 4.74 Å². The Labute approximate surface area is 128 Å². The summed E-state index contributed by atoms with van der Waals surface area (Å²) in [5.74, 6) is 0.705. The van der Waals surface area contributed by atoms with Gasteiger partial charge in [-0.2, -0.15) is 0 Å². The molecule has 110 valence electrons. The Bertz CT molecular complexity index is 602. The van der Waals surface area contributed by atoms with E-state index in [0.717, 1.165) is 36.4 Å². The Balaban J connectivity index is 1.81. The number of rotatable bonds is 4. The fourth-order valence-corrected chi connectivity index (χ4v) is 3.72. The number of carbonyl (C=O) groups excluding carboxylic acids is 1. The van der Waals surface area contributed by atoms with E-state index in [9.17, 15) is 4.79 Å². The Kier molecular flexibility index (Phi) is 3.92. The summed E-state index contributed by atoms with van der Waals surface area (Å²) in [6.45, 7) is 0. The molecule has 1 saturated carbocycles. The first-order valence-electron chi connectivity index (χ1n) is 7.10. The average molecular weight is 302 g/mol. The van der Waals surface area contributed by atoms with Gasteiger partial charge in [-0.05, 0) is 37.1 Å². The van der Waals surface area contributed by atoms with E-state index in [0.29, 0.717) is 5.56 Å². The molecular weight excluding hydrogens is 284 g/mol. The first-order chi connectivity index (χ1) is 10.2. The van der Waals surface area contributed by atoms with Crippen molar-refractivity contribution in [1.29, 1.82) is 0 Å². The van der Waals surface area contributed by atoms with Crippen LogP contribution in [0.15, 0.2) is 35.8 Å². The molecule has 1 fully saturated rings. The van der Waals surface area contributed by atoms with Crippen LogP contribution < -0.4 is 10.1 Å². The predicted octanol–water partition coefficient (Wildman–Crippen LogP) is 3.35. The fraction of sp³-hybridized carbons (Fsp3) is 0.375. The fourth-order valence-electron chi connectivity index (χ4n) is 2.86. The first kappa shape index (κ1) is 14.1. The van der Waals surface area contributed by atoms with Crippen LogP contribution in [0.3, 0.4) is 0 Å². The maximum absolute atomic E-state index is 12.5. The number of thiazole rings is 1. The SMILES string of the molecule is COc1ccc(C(=O)NC2(c3nccs3)CCCC2)cc1. The van der Waals surface area contributed by atoms with Gasteiger partial charge in [-0.3, -0.25) is 4.79 Å². The van der Waals surface area contributed by atoms with Crippen LogP contribution in [0.1, 0.15) is 41.0 Å². The van der Waals surface area contributed by atoms with Crippen molar-refractivity contribution in [3.63, 3.8) is 0 Å². The molecule has 1 aliphatic carbocycles. The largest absolute Gasteiger partial charge is 0.497 e. The van der Waals surface area contributed by atoms with Gasteiger partial charge < -0.3 is 10.1 Å². The van der Waals surface area contributed by atoms with Gasteiger partial charge in [0.25, 0.3) is 5.91 Å². The van der Waals surface area contributed by atoms with Gasteiger partial charge >= 0.3 is 0 Å². The van der Waals surface area contributed by atoms with Crippen LogP contribution in [0.25, 0.3) is 0 Å². The van der Waals surface area contributed by atoms with Gasteiger partial charge in [-0.25, -0.2) is 4.98 Å². The van der Waals surface area contributed by atoms with Crippen molar-refractivity contribution in [3.05, 3.63) is 46.4 Å². The quantitative estimate of drug-likeness (QED) is 0.942. The Hall–Kier alpha value is -1.88. The normalized spacial score (nSPS) is 16.6. The van der Waals surface area contributed by atoms with Crippen molar-refractivity contribution in [2.75, 3.05) is 7.11 Å². The van der Waals surface area contributed by atoms with Crippen molar-refractivity contribution in [3.8, 4) is 5.75 Å². The van der Waals surface area contributed by atoms with Crippen molar-refractivity contribution >= 4 is 17.2 Å². The summed E-state index contributed by atoms with van der Waals surface area (Å²) in [5.41, 5.74) is 0.365. The number of ether oxygens (including phenoxy) is 1. The third-order valence-electron chi connectivity index (χ3n) is 4.00. The molecule has 5 heteroatoms. The molecule has 0 unspecified atom stereocenters. The highest BCUT2D eigenvalue weighted by Crippen LogP contribution is 2.39. The highest BCUT2D eigenvalue weighted by Gasteiger charge is 2.39. The van der Waals surface area contributed by atoms with Crippen LogP contribution in [0, 0.1) is 0 Å². The van der Waals surface area contributed by atoms with E-state index >= 15 is 0 Å².